The Kier molecular flexibility index (Phi) is 6.17. The molecule has 0 bridgehead atoms. The van der Waals surface area contributed by atoms with Gasteiger partial charge in [0.2, 0.25) is 0 Å². The lowest BCUT2D eigenvalue weighted by Crippen LogP contribution is -2.11. The van der Waals surface area contributed by atoms with Crippen LogP contribution in [0.2, 0.25) is 0 Å². The van der Waals surface area contributed by atoms with Crippen molar-refractivity contribution in [2.45, 2.75) is 0 Å². The summed E-state index contributed by atoms with van der Waals surface area (Å²) in [5.74, 6) is 0. The van der Waals surface area contributed by atoms with Crippen LogP contribution in [0.15, 0.2) is 180 Å². The number of furan rings is 1. The molecule has 0 fully saturated rings. The molecule has 0 amide bonds. The fourth-order valence-electron chi connectivity index (χ4n) is 6.79. The van der Waals surface area contributed by atoms with Crippen molar-refractivity contribution in [3.63, 3.8) is 0 Å². The topological polar surface area (TPSA) is 16.4 Å². The lowest BCUT2D eigenvalue weighted by Gasteiger charge is -2.28. The zero-order valence-electron chi connectivity index (χ0n) is 25.1. The zero-order chi connectivity index (χ0) is 30.5. The van der Waals surface area contributed by atoms with Crippen molar-refractivity contribution in [3.05, 3.63) is 176 Å². The Hall–Kier alpha value is -6.12. The third-order valence-electron chi connectivity index (χ3n) is 9.02. The smallest absolute Gasteiger partial charge is 0.137 e. The van der Waals surface area contributed by atoms with Gasteiger partial charge >= 0.3 is 0 Å². The second-order valence-electron chi connectivity index (χ2n) is 11.8. The molecule has 0 aliphatic rings. The van der Waals surface area contributed by atoms with Gasteiger partial charge < -0.3 is 9.32 Å². The van der Waals surface area contributed by atoms with E-state index in [2.05, 4.69) is 169 Å². The van der Waals surface area contributed by atoms with Gasteiger partial charge in [-0.05, 0) is 86.9 Å². The molecule has 0 aliphatic heterocycles. The second-order valence-corrected chi connectivity index (χ2v) is 11.8. The largest absolute Gasteiger partial charge is 0.456 e. The molecule has 216 valence electrons. The molecular formula is C44H29NO. The van der Waals surface area contributed by atoms with E-state index in [0.717, 1.165) is 39.0 Å². The minimum absolute atomic E-state index is 0.875. The zero-order valence-corrected chi connectivity index (χ0v) is 25.1. The summed E-state index contributed by atoms with van der Waals surface area (Å²) >= 11 is 0. The summed E-state index contributed by atoms with van der Waals surface area (Å²) in [6.45, 7) is 0. The summed E-state index contributed by atoms with van der Waals surface area (Å²) in [5, 5.41) is 7.08. The van der Waals surface area contributed by atoms with Crippen molar-refractivity contribution in [3.8, 4) is 22.3 Å². The highest BCUT2D eigenvalue weighted by Gasteiger charge is 2.22. The number of hydrogen-bond acceptors (Lipinski definition) is 2. The number of nitrogens with zero attached hydrogens (tertiary/aromatic N) is 1. The summed E-state index contributed by atoms with van der Waals surface area (Å²) in [6, 6.07) is 62.8. The fraction of sp³-hybridized carbons (Fsp3) is 0. The van der Waals surface area contributed by atoms with Crippen molar-refractivity contribution < 1.29 is 4.42 Å². The van der Waals surface area contributed by atoms with E-state index in [1.807, 2.05) is 12.1 Å². The van der Waals surface area contributed by atoms with Gasteiger partial charge in [-0.3, -0.25) is 0 Å². The summed E-state index contributed by atoms with van der Waals surface area (Å²) in [7, 11) is 0. The molecule has 9 rings (SSSR count). The number of fused-ring (bicyclic) bond motifs is 5. The molecular weight excluding hydrogens is 558 g/mol. The molecule has 0 radical (unpaired) electrons. The molecule has 46 heavy (non-hydrogen) atoms. The minimum atomic E-state index is 0.875. The molecule has 0 saturated carbocycles. The third-order valence-corrected chi connectivity index (χ3v) is 9.02. The van der Waals surface area contributed by atoms with Crippen LogP contribution in [0.1, 0.15) is 0 Å². The Balaban J connectivity index is 1.29. The van der Waals surface area contributed by atoms with E-state index in [4.69, 9.17) is 4.42 Å². The molecule has 0 unspecified atom stereocenters. The Labute approximate surface area is 267 Å². The molecule has 9 aromatic rings. The van der Waals surface area contributed by atoms with E-state index in [-0.39, 0.29) is 0 Å². The predicted molar refractivity (Wildman–Crippen MR) is 194 cm³/mol. The van der Waals surface area contributed by atoms with E-state index >= 15 is 0 Å². The van der Waals surface area contributed by atoms with Gasteiger partial charge in [-0.15, -0.1) is 0 Å². The van der Waals surface area contributed by atoms with Crippen molar-refractivity contribution in [2.24, 2.45) is 0 Å². The number of anilines is 3. The highest BCUT2D eigenvalue weighted by Crippen LogP contribution is 2.46. The Morgan fingerprint density at radius 1 is 0.348 bits per heavy atom. The fourth-order valence-corrected chi connectivity index (χ4v) is 6.79. The first-order chi connectivity index (χ1) is 22.8. The normalized spacial score (nSPS) is 11.5. The van der Waals surface area contributed by atoms with Crippen LogP contribution in [0.5, 0.6) is 0 Å². The SMILES string of the molecule is c1ccc(-c2cc(N(c3ccc(-c4ccc5ccccc5c4)cc3)c3cccc4oc5ccccc5c34)c3ccccc3c2)cc1. The first-order valence-corrected chi connectivity index (χ1v) is 15.7. The molecule has 0 atom stereocenters. The van der Waals surface area contributed by atoms with Gasteiger partial charge in [0.1, 0.15) is 11.2 Å². The molecule has 2 nitrogen and oxygen atoms in total. The van der Waals surface area contributed by atoms with Gasteiger partial charge in [-0.2, -0.15) is 0 Å². The standard InChI is InChI=1S/C44H29NO/c1-2-11-30(12-3-1)36-28-35-15-6-7-16-38(35)41(29-36)45(40-18-10-20-43-44(40)39-17-8-9-19-42(39)46-43)37-25-23-32(24-26-37)34-22-21-31-13-4-5-14-33(31)27-34/h1-29H. The van der Waals surface area contributed by atoms with Gasteiger partial charge in [0, 0.05) is 16.5 Å². The first kappa shape index (κ1) is 26.3. The molecule has 0 N–H and O–H groups in total. The van der Waals surface area contributed by atoms with E-state index in [9.17, 15) is 0 Å². The van der Waals surface area contributed by atoms with Gasteiger partial charge in [0.05, 0.1) is 16.8 Å². The minimum Gasteiger partial charge on any atom is -0.456 e. The summed E-state index contributed by atoms with van der Waals surface area (Å²) in [6.07, 6.45) is 0. The Morgan fingerprint density at radius 2 is 0.978 bits per heavy atom. The van der Waals surface area contributed by atoms with Crippen LogP contribution in [0.25, 0.3) is 65.7 Å². The molecule has 0 aliphatic carbocycles. The van der Waals surface area contributed by atoms with Gasteiger partial charge in [0.15, 0.2) is 0 Å². The lowest BCUT2D eigenvalue weighted by molar-refractivity contribution is 0.669. The van der Waals surface area contributed by atoms with Crippen LogP contribution in [0.4, 0.5) is 17.1 Å². The van der Waals surface area contributed by atoms with Crippen LogP contribution in [0.3, 0.4) is 0 Å². The second kappa shape index (κ2) is 10.8. The Bertz CT molecular complexity index is 2530. The molecule has 0 saturated heterocycles. The summed E-state index contributed by atoms with van der Waals surface area (Å²) < 4.78 is 6.38. The monoisotopic (exact) mass is 587 g/mol. The molecule has 2 heteroatoms. The quantitative estimate of drug-likeness (QED) is 0.199. The van der Waals surface area contributed by atoms with Crippen LogP contribution in [0, 0.1) is 0 Å². The van der Waals surface area contributed by atoms with Crippen molar-refractivity contribution in [1.82, 2.24) is 0 Å². The van der Waals surface area contributed by atoms with Crippen LogP contribution in [-0.2, 0) is 0 Å². The number of hydrogen-bond donors (Lipinski definition) is 0. The summed E-state index contributed by atoms with van der Waals surface area (Å²) in [5.41, 5.74) is 9.80. The van der Waals surface area contributed by atoms with Gasteiger partial charge in [-0.25, -0.2) is 0 Å². The van der Waals surface area contributed by atoms with E-state index in [0.29, 0.717) is 0 Å². The highest BCUT2D eigenvalue weighted by molar-refractivity contribution is 6.15. The van der Waals surface area contributed by atoms with Gasteiger partial charge in [0.25, 0.3) is 0 Å². The number of para-hydroxylation sites is 1. The maximum absolute atomic E-state index is 6.38. The highest BCUT2D eigenvalue weighted by atomic mass is 16.3. The first-order valence-electron chi connectivity index (χ1n) is 15.7. The van der Waals surface area contributed by atoms with Crippen molar-refractivity contribution >= 4 is 60.5 Å². The van der Waals surface area contributed by atoms with Crippen molar-refractivity contribution in [1.29, 1.82) is 0 Å². The number of benzene rings is 8. The summed E-state index contributed by atoms with van der Waals surface area (Å²) in [4.78, 5) is 2.41. The maximum Gasteiger partial charge on any atom is 0.137 e. The number of rotatable bonds is 5. The molecule has 0 spiro atoms. The van der Waals surface area contributed by atoms with Crippen LogP contribution < -0.4 is 4.90 Å². The van der Waals surface area contributed by atoms with E-state index in [1.54, 1.807) is 0 Å². The van der Waals surface area contributed by atoms with Crippen molar-refractivity contribution in [2.75, 3.05) is 4.90 Å². The van der Waals surface area contributed by atoms with Crippen LogP contribution in [-0.4, -0.2) is 0 Å². The van der Waals surface area contributed by atoms with E-state index in [1.165, 1.54) is 43.8 Å². The van der Waals surface area contributed by atoms with Crippen LogP contribution >= 0.6 is 0 Å². The molecule has 1 aromatic heterocycles. The van der Waals surface area contributed by atoms with E-state index < -0.39 is 0 Å². The lowest BCUT2D eigenvalue weighted by atomic mass is 9.97. The maximum atomic E-state index is 6.38. The molecule has 1 heterocycles. The van der Waals surface area contributed by atoms with Gasteiger partial charge in [-0.1, -0.05) is 127 Å². The average molecular weight is 588 g/mol. The predicted octanol–water partition coefficient (Wildman–Crippen LogP) is 12.7. The third kappa shape index (κ3) is 4.43. The Morgan fingerprint density at radius 3 is 1.83 bits per heavy atom. The average Bonchev–Trinajstić information content (AvgIpc) is 3.52. The molecule has 8 aromatic carbocycles.